The van der Waals surface area contributed by atoms with Crippen molar-refractivity contribution in [3.8, 4) is 67.0 Å². The Morgan fingerprint density at radius 3 is 1.07 bits per heavy atom. The van der Waals surface area contributed by atoms with Gasteiger partial charge in [-0.1, -0.05) is 320 Å². The zero-order valence-corrected chi connectivity index (χ0v) is 69.1. The fourth-order valence-electron chi connectivity index (χ4n) is 18.4. The summed E-state index contributed by atoms with van der Waals surface area (Å²) in [6.07, 6.45) is 0. The summed E-state index contributed by atoms with van der Waals surface area (Å²) in [7, 11) is 0. The van der Waals surface area contributed by atoms with E-state index in [9.17, 15) is 5.48 Å². The summed E-state index contributed by atoms with van der Waals surface area (Å²) in [4.78, 5) is 7.52. The minimum absolute atomic E-state index is 0.125. The molecule has 18 aromatic rings. The molecule has 0 atom stereocenters. The third-order valence-corrected chi connectivity index (χ3v) is 24.5. The first-order chi connectivity index (χ1) is 59.2. The highest BCUT2D eigenvalue weighted by Gasteiger charge is 2.47. The Balaban J connectivity index is 0.993. The van der Waals surface area contributed by atoms with Crippen LogP contribution in [0.1, 0.15) is 112 Å². The lowest BCUT2D eigenvalue weighted by Crippen LogP contribution is -2.61. The van der Waals surface area contributed by atoms with Gasteiger partial charge in [-0.3, -0.25) is 0 Å². The molecule has 0 N–H and O–H groups in total. The molecule has 0 radical (unpaired) electrons. The van der Waals surface area contributed by atoms with Crippen molar-refractivity contribution in [1.29, 1.82) is 0 Å². The summed E-state index contributed by atoms with van der Waals surface area (Å²) in [6.45, 7) is 27.2. The molecule has 20 rings (SSSR count). The molecule has 0 saturated carbocycles. The lowest BCUT2D eigenvalue weighted by Gasteiger charge is -2.46. The van der Waals surface area contributed by atoms with E-state index in [-0.39, 0.29) is 39.3 Å². The molecule has 4 heterocycles. The summed E-state index contributed by atoms with van der Waals surface area (Å²) in [5.74, 6) is 0. The van der Waals surface area contributed by atoms with Gasteiger partial charge in [-0.2, -0.15) is 0 Å². The second kappa shape index (κ2) is 28.2. The van der Waals surface area contributed by atoms with E-state index >= 15 is 0 Å². The Morgan fingerprint density at radius 1 is 0.263 bits per heavy atom. The number of hydrogen-bond acceptors (Lipinski definition) is 3. The second-order valence-electron chi connectivity index (χ2n) is 36.2. The molecule has 0 amide bonds. The highest BCUT2D eigenvalue weighted by molar-refractivity contribution is 7.00. The van der Waals surface area contributed by atoms with E-state index in [2.05, 4.69) is 435 Å². The maximum absolute atomic E-state index is 9.86. The molecule has 2 aliphatic heterocycles. The van der Waals surface area contributed by atoms with Crippen LogP contribution < -0.4 is 31.1 Å². The van der Waals surface area contributed by atoms with E-state index in [1.807, 2.05) is 6.07 Å². The van der Waals surface area contributed by atoms with Crippen LogP contribution in [0.5, 0.6) is 0 Å². The fraction of sp³-hybridized carbons (Fsp3) is 0.143. The molecule has 16 aromatic carbocycles. The zero-order valence-electron chi connectivity index (χ0n) is 74.1. The highest BCUT2D eigenvalue weighted by atomic mass is 15.2. The van der Waals surface area contributed by atoms with Gasteiger partial charge in [-0.15, -0.1) is 0 Å². The van der Waals surface area contributed by atoms with Gasteiger partial charge in [0.2, 0.25) is 0 Å². The molecule has 5 nitrogen and oxygen atoms in total. The average molecular weight is 1530 g/mol. The largest absolute Gasteiger partial charge is 0.310 e. The number of anilines is 9. The first-order valence-electron chi connectivity index (χ1n) is 43.9. The molecule has 0 spiro atoms. The third kappa shape index (κ3) is 12.5. The molecule has 0 fully saturated rings. The van der Waals surface area contributed by atoms with Gasteiger partial charge in [0.1, 0.15) is 0 Å². The Morgan fingerprint density at radius 2 is 0.627 bits per heavy atom. The van der Waals surface area contributed by atoms with E-state index in [0.29, 0.717) is 5.56 Å². The summed E-state index contributed by atoms with van der Waals surface area (Å²) in [5.41, 5.74) is 30.7. The number of nitrogens with zero attached hydrogens (tertiary/aromatic N) is 5. The first-order valence-corrected chi connectivity index (χ1v) is 41.4. The van der Waals surface area contributed by atoms with Gasteiger partial charge < -0.3 is 23.8 Å². The molecule has 2 aliphatic rings. The van der Waals surface area contributed by atoms with Crippen LogP contribution in [0, 0.1) is 0 Å². The van der Waals surface area contributed by atoms with Crippen molar-refractivity contribution in [2.24, 2.45) is 0 Å². The van der Waals surface area contributed by atoms with Crippen molar-refractivity contribution in [2.45, 2.75) is 105 Å². The summed E-state index contributed by atoms with van der Waals surface area (Å²) in [5, 5.41) is 4.54. The average Bonchev–Trinajstić information content (AvgIpc) is 1.37. The van der Waals surface area contributed by atoms with E-state index in [1.54, 1.807) is 0 Å². The fourth-order valence-corrected chi connectivity index (χ4v) is 18.4. The molecule has 2 aromatic heterocycles. The Hall–Kier alpha value is -13.4. The summed E-state index contributed by atoms with van der Waals surface area (Å²) < 4.78 is 52.3. The number of para-hydroxylation sites is 3. The quantitative estimate of drug-likeness (QED) is 0.114. The van der Waals surface area contributed by atoms with Crippen molar-refractivity contribution in [3.05, 3.63) is 386 Å². The lowest BCUT2D eigenvalue weighted by molar-refractivity contribution is 0.590. The topological polar surface area (TPSA) is 19.6 Å². The second-order valence-corrected chi connectivity index (χ2v) is 36.2. The molecule has 572 valence electrons. The summed E-state index contributed by atoms with van der Waals surface area (Å²) in [6, 6.07) is 121. The van der Waals surface area contributed by atoms with Gasteiger partial charge in [0.05, 0.1) is 46.0 Å². The van der Waals surface area contributed by atoms with Crippen molar-refractivity contribution < 1.29 is 6.85 Å². The van der Waals surface area contributed by atoms with Gasteiger partial charge in [0.25, 0.3) is 6.71 Å². The van der Waals surface area contributed by atoms with E-state index in [1.165, 1.54) is 16.7 Å². The van der Waals surface area contributed by atoms with Crippen molar-refractivity contribution in [3.63, 3.8) is 0 Å². The molecular formula is C112H96BN5. The SMILES string of the molecule is [2H]c1c([2H])c([2H])c(-c2ccc3c(c2)N(c2c(-c4ccccc4)cc(C(C)(C)C)cc2-c2ccccc2)c2cc(-n4c5ccc(C(C)(C)C)cc5c5cc(C(C)(C)C)ccc54)cc4c2B3c2ccc(-n3c5ccccc5c5cc(N(c6ccccc6)c6ccccc6)ccc53)cc2N4c2c(-c3ccccc3)cc(C(C)(C)C)cc2-c2ccccc2)c([2H])c1[2H]. The minimum Gasteiger partial charge on any atom is -0.310 e. The van der Waals surface area contributed by atoms with Crippen LogP contribution in [0.25, 0.3) is 111 Å². The number of benzene rings is 16. The Kier molecular flexibility index (Phi) is 16.2. The normalized spacial score (nSPS) is 13.5. The molecule has 118 heavy (non-hydrogen) atoms. The van der Waals surface area contributed by atoms with Gasteiger partial charge in [-0.25, -0.2) is 0 Å². The van der Waals surface area contributed by atoms with Crippen LogP contribution in [0.4, 0.5) is 51.2 Å². The highest BCUT2D eigenvalue weighted by Crippen LogP contribution is 2.56. The molecule has 0 aliphatic carbocycles. The first kappa shape index (κ1) is 67.9. The van der Waals surface area contributed by atoms with E-state index in [0.717, 1.165) is 173 Å². The van der Waals surface area contributed by atoms with Crippen LogP contribution in [0.3, 0.4) is 0 Å². The van der Waals surface area contributed by atoms with Gasteiger partial charge in [0.15, 0.2) is 0 Å². The molecule has 6 heteroatoms. The predicted octanol–water partition coefficient (Wildman–Crippen LogP) is 29.0. The molecular weight excluding hydrogens is 1430 g/mol. The van der Waals surface area contributed by atoms with Crippen molar-refractivity contribution >= 4 is 118 Å². The van der Waals surface area contributed by atoms with Crippen LogP contribution >= 0.6 is 0 Å². The minimum atomic E-state index is -0.516. The van der Waals surface area contributed by atoms with Gasteiger partial charge in [-0.05, 0) is 221 Å². The molecule has 0 saturated heterocycles. The smallest absolute Gasteiger partial charge is 0.252 e. The number of rotatable bonds is 12. The predicted molar refractivity (Wildman–Crippen MR) is 506 cm³/mol. The van der Waals surface area contributed by atoms with E-state index < -0.39 is 24.8 Å². The zero-order chi connectivity index (χ0) is 85.0. The lowest BCUT2D eigenvalue weighted by atomic mass is 9.33. The van der Waals surface area contributed by atoms with Crippen LogP contribution in [-0.4, -0.2) is 15.8 Å². The van der Waals surface area contributed by atoms with Gasteiger partial charge >= 0.3 is 0 Å². The maximum atomic E-state index is 9.86. The Labute approximate surface area is 702 Å². The standard InChI is InChI=1S/C112H96BN5/c1-109(2,3)79-53-59-99-93(63-79)94-64-80(110(4,5)6)54-60-100(94)116(99)87-71-104-106-105(72-87)118(108-91(76-42-26-16-27-43-76)67-82(112(10,11)12)68-92(108)77-44-28-17-29-45-77)103-70-86(115-98-51-35-34-50-88(98)95-69-85(56-61-101(95)115)114(83-46-30-18-31-47-83)84-48-32-19-33-49-84)55-58-97(103)113(106)96-57-52-78(73-36-20-13-21-37-73)62-102(96)117(104)107-89(74-38-22-14-23-39-74)65-81(111(7,8)9)66-90(107)75-40-24-15-25-41-75/h13-72H,1-12H3/i13D,20D,21D,36D,37D. The van der Waals surface area contributed by atoms with Crippen LogP contribution in [0.2, 0.25) is 0 Å². The van der Waals surface area contributed by atoms with Crippen LogP contribution in [-0.2, 0) is 21.7 Å². The monoisotopic (exact) mass is 1530 g/mol. The van der Waals surface area contributed by atoms with Gasteiger partial charge in [0, 0.05) is 89.3 Å². The van der Waals surface area contributed by atoms with Crippen molar-refractivity contribution in [1.82, 2.24) is 9.13 Å². The van der Waals surface area contributed by atoms with Crippen LogP contribution in [0.15, 0.2) is 364 Å². The molecule has 0 unspecified atom stereocenters. The third-order valence-electron chi connectivity index (χ3n) is 24.5. The number of fused-ring (bicyclic) bond motifs is 10. The number of aromatic nitrogens is 2. The Bertz CT molecular complexity index is 7020. The van der Waals surface area contributed by atoms with E-state index in [4.69, 9.17) is 1.37 Å². The number of hydrogen-bond donors (Lipinski definition) is 0. The van der Waals surface area contributed by atoms with Crippen molar-refractivity contribution in [2.75, 3.05) is 14.7 Å². The molecule has 0 bridgehead atoms. The summed E-state index contributed by atoms with van der Waals surface area (Å²) >= 11 is 0. The maximum Gasteiger partial charge on any atom is 0.252 e.